The van der Waals surface area contributed by atoms with Gasteiger partial charge in [0.25, 0.3) is 0 Å². The summed E-state index contributed by atoms with van der Waals surface area (Å²) in [5.41, 5.74) is 2.90. The van der Waals surface area contributed by atoms with E-state index in [1.54, 1.807) is 30.3 Å². The highest BCUT2D eigenvalue weighted by molar-refractivity contribution is 5.36. The Labute approximate surface area is 97.7 Å². The molecule has 0 unspecified atom stereocenters. The third kappa shape index (κ3) is 2.68. The molecule has 2 rings (SSSR count). The van der Waals surface area contributed by atoms with Crippen molar-refractivity contribution in [1.29, 1.82) is 5.26 Å². The molecule has 2 aromatic rings. The van der Waals surface area contributed by atoms with Gasteiger partial charge in [0.2, 0.25) is 11.8 Å². The predicted octanol–water partition coefficient (Wildman–Crippen LogP) is 1.43. The average molecular weight is 227 g/mol. The van der Waals surface area contributed by atoms with Crippen LogP contribution in [-0.2, 0) is 0 Å². The van der Waals surface area contributed by atoms with Gasteiger partial charge >= 0.3 is 0 Å². The van der Waals surface area contributed by atoms with Gasteiger partial charge in [-0.15, -0.1) is 0 Å². The third-order valence-electron chi connectivity index (χ3n) is 1.96. The Morgan fingerprint density at radius 2 is 2.00 bits per heavy atom. The maximum Gasteiger partial charge on any atom is 0.240 e. The van der Waals surface area contributed by atoms with E-state index < -0.39 is 0 Å². The zero-order valence-corrected chi connectivity index (χ0v) is 8.79. The van der Waals surface area contributed by atoms with Gasteiger partial charge in [0, 0.05) is 12.3 Å². The van der Waals surface area contributed by atoms with Gasteiger partial charge < -0.3 is 4.74 Å². The number of nitrogens with one attached hydrogen (secondary N) is 1. The summed E-state index contributed by atoms with van der Waals surface area (Å²) >= 11 is 0. The Bertz CT molecular complexity index is 547. The molecule has 0 aliphatic rings. The van der Waals surface area contributed by atoms with Crippen LogP contribution in [0.15, 0.2) is 36.5 Å². The second-order valence-electron chi connectivity index (χ2n) is 3.10. The van der Waals surface area contributed by atoms with E-state index >= 15 is 0 Å². The number of nitriles is 1. The van der Waals surface area contributed by atoms with E-state index in [0.717, 1.165) is 0 Å². The number of nitrogens with zero attached hydrogens (tertiary/aromatic N) is 3. The third-order valence-corrected chi connectivity index (χ3v) is 1.96. The van der Waals surface area contributed by atoms with Crippen molar-refractivity contribution < 1.29 is 4.74 Å². The maximum atomic E-state index is 8.65. The van der Waals surface area contributed by atoms with Crippen LogP contribution in [0, 0.1) is 11.3 Å². The van der Waals surface area contributed by atoms with E-state index in [1.165, 1.54) is 6.20 Å². The van der Waals surface area contributed by atoms with Crippen molar-refractivity contribution in [1.82, 2.24) is 9.97 Å². The van der Waals surface area contributed by atoms with Crippen molar-refractivity contribution in [2.75, 3.05) is 5.43 Å². The van der Waals surface area contributed by atoms with Crippen molar-refractivity contribution in [3.05, 3.63) is 42.1 Å². The van der Waals surface area contributed by atoms with Crippen LogP contribution in [0.4, 0.5) is 5.95 Å². The summed E-state index contributed by atoms with van der Waals surface area (Å²) in [7, 11) is 0. The van der Waals surface area contributed by atoms with E-state index in [-0.39, 0.29) is 5.95 Å². The topological polar surface area (TPSA) is 96.8 Å². The molecular formula is C11H9N5O. The van der Waals surface area contributed by atoms with Gasteiger partial charge in [-0.3, -0.25) is 5.43 Å². The maximum absolute atomic E-state index is 8.65. The molecule has 84 valence electrons. The molecule has 0 amide bonds. The van der Waals surface area contributed by atoms with Crippen molar-refractivity contribution in [2.45, 2.75) is 0 Å². The second-order valence-corrected chi connectivity index (χ2v) is 3.10. The summed E-state index contributed by atoms with van der Waals surface area (Å²) < 4.78 is 5.46. The molecule has 3 N–H and O–H groups in total. The lowest BCUT2D eigenvalue weighted by Crippen LogP contribution is -2.10. The summed E-state index contributed by atoms with van der Waals surface area (Å²) in [6, 6.07) is 10.4. The number of ether oxygens (including phenoxy) is 1. The standard InChI is InChI=1S/C11H9N5O/c12-7-8-1-3-9(4-2-8)17-10-5-6-14-11(15-10)16-13/h1-6H,13H2,(H,14,15,16). The molecule has 0 saturated carbocycles. The van der Waals surface area contributed by atoms with Gasteiger partial charge in [0.15, 0.2) is 0 Å². The first-order valence-corrected chi connectivity index (χ1v) is 4.79. The number of nitrogens with two attached hydrogens (primary N) is 1. The number of aromatic nitrogens is 2. The predicted molar refractivity (Wildman–Crippen MR) is 61.1 cm³/mol. The molecule has 1 aromatic heterocycles. The van der Waals surface area contributed by atoms with E-state index in [9.17, 15) is 0 Å². The Balaban J connectivity index is 2.16. The van der Waals surface area contributed by atoms with Crippen molar-refractivity contribution in [3.63, 3.8) is 0 Å². The minimum absolute atomic E-state index is 0.274. The van der Waals surface area contributed by atoms with Gasteiger partial charge in [-0.05, 0) is 24.3 Å². The fourth-order valence-corrected chi connectivity index (χ4v) is 1.19. The molecule has 0 radical (unpaired) electrons. The first-order chi connectivity index (χ1) is 8.31. The number of hydrazine groups is 1. The Kier molecular flexibility index (Phi) is 3.14. The zero-order valence-electron chi connectivity index (χ0n) is 8.79. The molecule has 0 aliphatic carbocycles. The number of hydrogen-bond donors (Lipinski definition) is 2. The molecule has 0 spiro atoms. The summed E-state index contributed by atoms with van der Waals surface area (Å²) in [5, 5.41) is 8.65. The van der Waals surface area contributed by atoms with Gasteiger partial charge in [-0.25, -0.2) is 10.8 Å². The van der Waals surface area contributed by atoms with Gasteiger partial charge in [0.1, 0.15) is 5.75 Å². The smallest absolute Gasteiger partial charge is 0.240 e. The summed E-state index contributed by atoms with van der Waals surface area (Å²) in [5.74, 6) is 6.42. The molecule has 0 bridgehead atoms. The quantitative estimate of drug-likeness (QED) is 0.608. The summed E-state index contributed by atoms with van der Waals surface area (Å²) in [6.45, 7) is 0. The highest BCUT2D eigenvalue weighted by Gasteiger charge is 2.00. The van der Waals surface area contributed by atoms with E-state index in [1.807, 2.05) is 6.07 Å². The molecule has 6 heteroatoms. The average Bonchev–Trinajstić information content (AvgIpc) is 2.40. The monoisotopic (exact) mass is 227 g/mol. The molecular weight excluding hydrogens is 218 g/mol. The van der Waals surface area contributed by atoms with Crippen LogP contribution in [0.2, 0.25) is 0 Å². The molecule has 0 atom stereocenters. The highest BCUT2D eigenvalue weighted by Crippen LogP contribution is 2.19. The van der Waals surface area contributed by atoms with Crippen LogP contribution in [0.1, 0.15) is 5.56 Å². The lowest BCUT2D eigenvalue weighted by molar-refractivity contribution is 0.462. The Hall–Kier alpha value is -2.65. The lowest BCUT2D eigenvalue weighted by atomic mass is 10.2. The fraction of sp³-hybridized carbons (Fsp3) is 0. The molecule has 1 heterocycles. The van der Waals surface area contributed by atoms with Crippen LogP contribution < -0.4 is 16.0 Å². The SMILES string of the molecule is N#Cc1ccc(Oc2ccnc(NN)n2)cc1. The zero-order chi connectivity index (χ0) is 12.1. The Morgan fingerprint density at radius 1 is 1.24 bits per heavy atom. The van der Waals surface area contributed by atoms with E-state index in [2.05, 4.69) is 15.4 Å². The summed E-state index contributed by atoms with van der Waals surface area (Å²) in [4.78, 5) is 7.85. The molecule has 0 fully saturated rings. The molecule has 6 nitrogen and oxygen atoms in total. The number of anilines is 1. The van der Waals surface area contributed by atoms with Crippen molar-refractivity contribution >= 4 is 5.95 Å². The van der Waals surface area contributed by atoms with Crippen LogP contribution in [0.25, 0.3) is 0 Å². The van der Waals surface area contributed by atoms with Crippen LogP contribution in [0.3, 0.4) is 0 Å². The van der Waals surface area contributed by atoms with Gasteiger partial charge in [-0.2, -0.15) is 10.2 Å². The van der Waals surface area contributed by atoms with Crippen LogP contribution in [0.5, 0.6) is 11.6 Å². The minimum atomic E-state index is 0.274. The highest BCUT2D eigenvalue weighted by atomic mass is 16.5. The molecule has 17 heavy (non-hydrogen) atoms. The molecule has 1 aromatic carbocycles. The first kappa shape index (κ1) is 10.9. The normalized spacial score (nSPS) is 9.41. The second kappa shape index (κ2) is 4.92. The van der Waals surface area contributed by atoms with Crippen LogP contribution >= 0.6 is 0 Å². The first-order valence-electron chi connectivity index (χ1n) is 4.79. The lowest BCUT2D eigenvalue weighted by Gasteiger charge is -2.05. The number of hydrogen-bond acceptors (Lipinski definition) is 6. The fourth-order valence-electron chi connectivity index (χ4n) is 1.19. The van der Waals surface area contributed by atoms with E-state index in [4.69, 9.17) is 15.8 Å². The summed E-state index contributed by atoms with van der Waals surface area (Å²) in [6.07, 6.45) is 1.53. The van der Waals surface area contributed by atoms with Crippen molar-refractivity contribution in [3.8, 4) is 17.7 Å². The Morgan fingerprint density at radius 3 is 2.65 bits per heavy atom. The van der Waals surface area contributed by atoms with E-state index in [0.29, 0.717) is 17.2 Å². The number of benzene rings is 1. The number of rotatable bonds is 3. The number of nitrogen functional groups attached to an aromatic ring is 1. The van der Waals surface area contributed by atoms with Gasteiger partial charge in [-0.1, -0.05) is 0 Å². The van der Waals surface area contributed by atoms with Crippen molar-refractivity contribution in [2.24, 2.45) is 5.84 Å². The van der Waals surface area contributed by atoms with Crippen LogP contribution in [-0.4, -0.2) is 9.97 Å². The minimum Gasteiger partial charge on any atom is -0.439 e. The largest absolute Gasteiger partial charge is 0.439 e. The van der Waals surface area contributed by atoms with Gasteiger partial charge in [0.05, 0.1) is 11.6 Å². The molecule has 0 saturated heterocycles. The molecule has 0 aliphatic heterocycles.